The number of aromatic amines is 1. The molecule has 4 nitrogen and oxygen atoms in total. The van der Waals surface area contributed by atoms with Gasteiger partial charge in [-0.1, -0.05) is 0 Å². The van der Waals surface area contributed by atoms with Crippen LogP contribution in [0.15, 0.2) is 18.5 Å². The maximum absolute atomic E-state index is 11.2. The molecule has 0 amide bonds. The highest BCUT2D eigenvalue weighted by molar-refractivity contribution is 5.73. The minimum absolute atomic E-state index is 0.308. The highest BCUT2D eigenvalue weighted by Gasteiger charge is 2.27. The molecule has 1 aliphatic heterocycles. The summed E-state index contributed by atoms with van der Waals surface area (Å²) in [6.07, 6.45) is 7.61. The number of carboxylic acid groups (broad SMARTS) is 1. The van der Waals surface area contributed by atoms with Gasteiger partial charge in [-0.25, -0.2) is 0 Å². The average molecular weight is 222 g/mol. The van der Waals surface area contributed by atoms with Crippen LogP contribution in [0.2, 0.25) is 0 Å². The predicted octanol–water partition coefficient (Wildman–Crippen LogP) is 1.50. The second-order valence-electron chi connectivity index (χ2n) is 4.36. The lowest BCUT2D eigenvalue weighted by molar-refractivity contribution is -0.143. The summed E-state index contributed by atoms with van der Waals surface area (Å²) in [5, 5.41) is 9.21. The van der Waals surface area contributed by atoms with Gasteiger partial charge in [0.2, 0.25) is 0 Å². The minimum Gasteiger partial charge on any atom is -0.480 e. The van der Waals surface area contributed by atoms with Crippen molar-refractivity contribution in [1.82, 2.24) is 9.88 Å². The van der Waals surface area contributed by atoms with Crippen molar-refractivity contribution in [2.24, 2.45) is 0 Å². The zero-order valence-corrected chi connectivity index (χ0v) is 9.35. The van der Waals surface area contributed by atoms with Gasteiger partial charge < -0.3 is 10.1 Å². The lowest BCUT2D eigenvalue weighted by Crippen LogP contribution is -2.39. The van der Waals surface area contributed by atoms with Gasteiger partial charge in [-0.05, 0) is 50.4 Å². The Morgan fingerprint density at radius 1 is 1.50 bits per heavy atom. The third kappa shape index (κ3) is 2.64. The normalized spacial score (nSPS) is 18.8. The number of aromatic nitrogens is 1. The Morgan fingerprint density at radius 2 is 2.25 bits per heavy atom. The van der Waals surface area contributed by atoms with Crippen LogP contribution in [0.25, 0.3) is 0 Å². The molecule has 1 aromatic heterocycles. The van der Waals surface area contributed by atoms with Crippen molar-refractivity contribution in [3.63, 3.8) is 0 Å². The second kappa shape index (κ2) is 5.16. The molecule has 1 aromatic rings. The first kappa shape index (κ1) is 11.2. The zero-order chi connectivity index (χ0) is 11.4. The van der Waals surface area contributed by atoms with Crippen LogP contribution in [-0.2, 0) is 11.2 Å². The Labute approximate surface area is 95.3 Å². The van der Waals surface area contributed by atoms with Crippen molar-refractivity contribution < 1.29 is 9.90 Å². The molecular formula is C12H18N2O2. The number of carboxylic acids is 1. The molecular weight excluding hydrogens is 204 g/mol. The van der Waals surface area contributed by atoms with Crippen molar-refractivity contribution in [2.45, 2.75) is 31.7 Å². The van der Waals surface area contributed by atoms with E-state index in [1.807, 2.05) is 18.5 Å². The van der Waals surface area contributed by atoms with Gasteiger partial charge in [-0.3, -0.25) is 9.69 Å². The smallest absolute Gasteiger partial charge is 0.320 e. The molecule has 2 heterocycles. The summed E-state index contributed by atoms with van der Waals surface area (Å²) in [6, 6.07) is 1.69. The molecule has 1 aliphatic rings. The number of nitrogens with zero attached hydrogens (tertiary/aromatic N) is 1. The van der Waals surface area contributed by atoms with Crippen LogP contribution in [0.1, 0.15) is 24.8 Å². The van der Waals surface area contributed by atoms with Crippen molar-refractivity contribution in [3.05, 3.63) is 24.0 Å². The molecule has 4 heteroatoms. The Hall–Kier alpha value is -1.29. The molecule has 0 spiro atoms. The van der Waals surface area contributed by atoms with Gasteiger partial charge in [0.05, 0.1) is 0 Å². The standard InChI is InChI=1S/C12H18N2O2/c15-12(16)11(14-7-1-2-8-14)4-3-10-5-6-13-9-10/h5-6,9,11,13H,1-4,7-8H2,(H,15,16). The summed E-state index contributed by atoms with van der Waals surface area (Å²) in [5.74, 6) is -0.683. The minimum atomic E-state index is -0.683. The average Bonchev–Trinajstić information content (AvgIpc) is 2.88. The maximum Gasteiger partial charge on any atom is 0.320 e. The van der Waals surface area contributed by atoms with Crippen LogP contribution >= 0.6 is 0 Å². The van der Waals surface area contributed by atoms with Crippen LogP contribution in [0.5, 0.6) is 0 Å². The first-order valence-electron chi connectivity index (χ1n) is 5.86. The van der Waals surface area contributed by atoms with E-state index >= 15 is 0 Å². The number of aryl methyl sites for hydroxylation is 1. The molecule has 16 heavy (non-hydrogen) atoms. The van der Waals surface area contributed by atoms with Gasteiger partial charge in [-0.15, -0.1) is 0 Å². The lowest BCUT2D eigenvalue weighted by atomic mass is 10.1. The van der Waals surface area contributed by atoms with Gasteiger partial charge in [0.25, 0.3) is 0 Å². The van der Waals surface area contributed by atoms with E-state index < -0.39 is 5.97 Å². The number of hydrogen-bond acceptors (Lipinski definition) is 2. The van der Waals surface area contributed by atoms with E-state index in [0.717, 1.165) is 32.4 Å². The van der Waals surface area contributed by atoms with E-state index in [1.165, 1.54) is 5.56 Å². The van der Waals surface area contributed by atoms with E-state index in [4.69, 9.17) is 0 Å². The summed E-state index contributed by atoms with van der Waals surface area (Å²) in [7, 11) is 0. The number of aliphatic carboxylic acids is 1. The Morgan fingerprint density at radius 3 is 2.81 bits per heavy atom. The van der Waals surface area contributed by atoms with Gasteiger partial charge >= 0.3 is 5.97 Å². The fourth-order valence-corrected chi connectivity index (χ4v) is 2.33. The van der Waals surface area contributed by atoms with Crippen LogP contribution in [-0.4, -0.2) is 40.1 Å². The van der Waals surface area contributed by atoms with Gasteiger partial charge in [0.15, 0.2) is 0 Å². The number of nitrogens with one attached hydrogen (secondary N) is 1. The molecule has 2 rings (SSSR count). The van der Waals surface area contributed by atoms with Gasteiger partial charge in [0.1, 0.15) is 6.04 Å². The molecule has 1 unspecified atom stereocenters. The van der Waals surface area contributed by atoms with Crippen molar-refractivity contribution in [2.75, 3.05) is 13.1 Å². The summed E-state index contributed by atoms with van der Waals surface area (Å²) in [6.45, 7) is 1.87. The highest BCUT2D eigenvalue weighted by Crippen LogP contribution is 2.16. The van der Waals surface area contributed by atoms with E-state index in [9.17, 15) is 9.90 Å². The summed E-state index contributed by atoms with van der Waals surface area (Å²) in [5.41, 5.74) is 1.19. The highest BCUT2D eigenvalue weighted by atomic mass is 16.4. The van der Waals surface area contributed by atoms with Crippen molar-refractivity contribution in [1.29, 1.82) is 0 Å². The predicted molar refractivity (Wildman–Crippen MR) is 61.3 cm³/mol. The maximum atomic E-state index is 11.2. The Bertz CT molecular complexity index is 329. The molecule has 0 radical (unpaired) electrons. The van der Waals surface area contributed by atoms with E-state index in [0.29, 0.717) is 6.42 Å². The third-order valence-electron chi connectivity index (χ3n) is 3.24. The fraction of sp³-hybridized carbons (Fsp3) is 0.583. The molecule has 1 saturated heterocycles. The zero-order valence-electron chi connectivity index (χ0n) is 9.35. The van der Waals surface area contributed by atoms with Crippen LogP contribution in [0.4, 0.5) is 0 Å². The van der Waals surface area contributed by atoms with Crippen LogP contribution in [0.3, 0.4) is 0 Å². The number of H-pyrrole nitrogens is 1. The summed E-state index contributed by atoms with van der Waals surface area (Å²) < 4.78 is 0. The van der Waals surface area contributed by atoms with Crippen LogP contribution < -0.4 is 0 Å². The first-order chi connectivity index (χ1) is 7.77. The molecule has 0 aromatic carbocycles. The van der Waals surface area contributed by atoms with Gasteiger partial charge in [0, 0.05) is 12.4 Å². The third-order valence-corrected chi connectivity index (χ3v) is 3.24. The fourth-order valence-electron chi connectivity index (χ4n) is 2.33. The molecule has 0 aliphatic carbocycles. The quantitative estimate of drug-likeness (QED) is 0.793. The Balaban J connectivity index is 1.90. The van der Waals surface area contributed by atoms with E-state index in [1.54, 1.807) is 0 Å². The molecule has 88 valence electrons. The van der Waals surface area contributed by atoms with E-state index in [2.05, 4.69) is 9.88 Å². The SMILES string of the molecule is O=C(O)C(CCc1cc[nH]c1)N1CCCC1. The molecule has 0 bridgehead atoms. The van der Waals surface area contributed by atoms with Crippen molar-refractivity contribution in [3.8, 4) is 0 Å². The molecule has 0 saturated carbocycles. The topological polar surface area (TPSA) is 56.3 Å². The molecule has 1 atom stereocenters. The monoisotopic (exact) mass is 222 g/mol. The second-order valence-corrected chi connectivity index (χ2v) is 4.36. The molecule has 1 fully saturated rings. The molecule has 2 N–H and O–H groups in total. The number of carbonyl (C=O) groups is 1. The Kier molecular flexibility index (Phi) is 3.62. The van der Waals surface area contributed by atoms with Crippen LogP contribution in [0, 0.1) is 0 Å². The lowest BCUT2D eigenvalue weighted by Gasteiger charge is -2.23. The largest absolute Gasteiger partial charge is 0.480 e. The van der Waals surface area contributed by atoms with E-state index in [-0.39, 0.29) is 6.04 Å². The first-order valence-corrected chi connectivity index (χ1v) is 5.86. The summed E-state index contributed by atoms with van der Waals surface area (Å²) >= 11 is 0. The number of rotatable bonds is 5. The summed E-state index contributed by atoms with van der Waals surface area (Å²) in [4.78, 5) is 16.3. The van der Waals surface area contributed by atoms with Crippen molar-refractivity contribution >= 4 is 5.97 Å². The number of hydrogen-bond donors (Lipinski definition) is 2. The number of likely N-dealkylation sites (tertiary alicyclic amines) is 1. The van der Waals surface area contributed by atoms with Gasteiger partial charge in [-0.2, -0.15) is 0 Å².